The molecule has 0 aliphatic heterocycles. The van der Waals surface area contributed by atoms with E-state index in [9.17, 15) is 9.59 Å². The number of halogens is 1. The highest BCUT2D eigenvalue weighted by atomic mass is 35.5. The van der Waals surface area contributed by atoms with E-state index >= 15 is 0 Å². The molecule has 0 unspecified atom stereocenters. The zero-order valence-corrected chi connectivity index (χ0v) is 20.3. The Kier molecular flexibility index (Phi) is 8.54. The number of thiophene rings is 1. The zero-order valence-electron chi connectivity index (χ0n) is 17.9. The molecule has 8 nitrogen and oxygen atoms in total. The van der Waals surface area contributed by atoms with Crippen molar-refractivity contribution < 1.29 is 19.1 Å². The Morgan fingerprint density at radius 1 is 1.22 bits per heavy atom. The normalized spacial score (nSPS) is 10.8. The van der Waals surface area contributed by atoms with Gasteiger partial charge in [-0.05, 0) is 43.7 Å². The Morgan fingerprint density at radius 2 is 1.97 bits per heavy atom. The van der Waals surface area contributed by atoms with Crippen LogP contribution in [0, 0.1) is 0 Å². The summed E-state index contributed by atoms with van der Waals surface area (Å²) in [5.41, 5.74) is 0.367. The molecule has 0 saturated heterocycles. The maximum Gasteiger partial charge on any atom is 0.340 e. The van der Waals surface area contributed by atoms with Gasteiger partial charge in [0, 0.05) is 16.4 Å². The maximum atomic E-state index is 12.5. The summed E-state index contributed by atoms with van der Waals surface area (Å²) in [7, 11) is 1.32. The number of amides is 1. The third-order valence-electron chi connectivity index (χ3n) is 4.41. The lowest BCUT2D eigenvalue weighted by Crippen LogP contribution is -2.16. The van der Waals surface area contributed by atoms with Crippen LogP contribution in [-0.4, -0.2) is 39.5 Å². The van der Waals surface area contributed by atoms with Crippen LogP contribution < -0.4 is 10.1 Å². The SMILES string of the molecule is CCc1cc(C(=O)OC)c(NC(=O)CSc2nnc(COc3ccc(Cl)cc3)n2CC)s1. The Labute approximate surface area is 199 Å². The van der Waals surface area contributed by atoms with Crippen molar-refractivity contribution in [3.05, 3.63) is 51.6 Å². The summed E-state index contributed by atoms with van der Waals surface area (Å²) in [5.74, 6) is 0.742. The minimum Gasteiger partial charge on any atom is -0.486 e. The second-order valence-electron chi connectivity index (χ2n) is 6.52. The highest BCUT2D eigenvalue weighted by Gasteiger charge is 2.19. The lowest BCUT2D eigenvalue weighted by atomic mass is 10.2. The van der Waals surface area contributed by atoms with Crippen LogP contribution in [0.2, 0.25) is 5.02 Å². The number of hydrogen-bond donors (Lipinski definition) is 1. The number of carbonyl (C=O) groups is 2. The number of methoxy groups -OCH3 is 1. The summed E-state index contributed by atoms with van der Waals surface area (Å²) >= 11 is 8.53. The summed E-state index contributed by atoms with van der Waals surface area (Å²) in [6.07, 6.45) is 0.764. The maximum absolute atomic E-state index is 12.5. The molecule has 0 spiro atoms. The van der Waals surface area contributed by atoms with Crippen LogP contribution in [0.5, 0.6) is 5.75 Å². The molecule has 3 aromatic rings. The fourth-order valence-corrected chi connectivity index (χ4v) is 4.74. The molecule has 1 amide bonds. The number of nitrogens with one attached hydrogen (secondary N) is 1. The van der Waals surface area contributed by atoms with Crippen LogP contribution in [0.4, 0.5) is 5.00 Å². The van der Waals surface area contributed by atoms with Crippen LogP contribution in [0.15, 0.2) is 35.5 Å². The number of thioether (sulfide) groups is 1. The molecule has 0 atom stereocenters. The molecule has 11 heteroatoms. The molecular weight excluding hydrogens is 472 g/mol. The van der Waals surface area contributed by atoms with E-state index in [0.717, 1.165) is 11.3 Å². The topological polar surface area (TPSA) is 95.3 Å². The van der Waals surface area contributed by atoms with Gasteiger partial charge in [-0.1, -0.05) is 30.3 Å². The summed E-state index contributed by atoms with van der Waals surface area (Å²) < 4.78 is 12.5. The van der Waals surface area contributed by atoms with Gasteiger partial charge in [-0.3, -0.25) is 4.79 Å². The van der Waals surface area contributed by atoms with Crippen LogP contribution in [0.3, 0.4) is 0 Å². The van der Waals surface area contributed by atoms with E-state index in [-0.39, 0.29) is 18.3 Å². The first-order chi connectivity index (χ1) is 15.4. The van der Waals surface area contributed by atoms with E-state index in [1.165, 1.54) is 30.2 Å². The number of esters is 1. The number of ether oxygens (including phenoxy) is 2. The standard InChI is InChI=1S/C21H23ClN4O4S2/c1-4-15-10-16(20(28)29-3)19(32-15)23-18(27)12-31-21-25-24-17(26(21)5-2)11-30-14-8-6-13(22)7-9-14/h6-10H,4-5,11-12H2,1-3H3,(H,23,27). The van der Waals surface area contributed by atoms with Crippen molar-refractivity contribution in [2.75, 3.05) is 18.2 Å². The first-order valence-corrected chi connectivity index (χ1v) is 12.1. The quantitative estimate of drug-likeness (QED) is 0.323. The third-order valence-corrected chi connectivity index (χ3v) is 6.83. The van der Waals surface area contributed by atoms with E-state index in [0.29, 0.717) is 38.9 Å². The minimum absolute atomic E-state index is 0.121. The number of hydrogen-bond acceptors (Lipinski definition) is 8. The van der Waals surface area contributed by atoms with Crippen LogP contribution >= 0.6 is 34.7 Å². The second-order valence-corrected chi connectivity index (χ2v) is 9.04. The number of rotatable bonds is 10. The molecule has 170 valence electrons. The Bertz CT molecular complexity index is 1080. The van der Waals surface area contributed by atoms with Crippen LogP contribution in [0.1, 0.15) is 34.9 Å². The predicted molar refractivity (Wildman–Crippen MR) is 126 cm³/mol. The minimum atomic E-state index is -0.472. The molecule has 32 heavy (non-hydrogen) atoms. The monoisotopic (exact) mass is 494 g/mol. The van der Waals surface area contributed by atoms with Crippen molar-refractivity contribution in [2.24, 2.45) is 0 Å². The van der Waals surface area contributed by atoms with E-state index < -0.39 is 5.97 Å². The number of carbonyl (C=O) groups excluding carboxylic acids is 2. The Hall–Kier alpha value is -2.56. The number of aryl methyl sites for hydroxylation is 1. The van der Waals surface area contributed by atoms with Gasteiger partial charge in [-0.2, -0.15) is 0 Å². The van der Waals surface area contributed by atoms with Gasteiger partial charge in [0.2, 0.25) is 5.91 Å². The Morgan fingerprint density at radius 3 is 2.62 bits per heavy atom. The first-order valence-electron chi connectivity index (χ1n) is 9.89. The molecule has 0 saturated carbocycles. The third kappa shape index (κ3) is 6.02. The zero-order chi connectivity index (χ0) is 23.1. The molecule has 0 aliphatic rings. The molecule has 2 heterocycles. The number of benzene rings is 1. The van der Waals surface area contributed by atoms with Crippen molar-refractivity contribution in [1.82, 2.24) is 14.8 Å². The van der Waals surface area contributed by atoms with Gasteiger partial charge < -0.3 is 19.4 Å². The molecular formula is C21H23ClN4O4S2. The molecule has 2 aromatic heterocycles. The fraction of sp³-hybridized carbons (Fsp3) is 0.333. The van der Waals surface area contributed by atoms with Gasteiger partial charge in [-0.15, -0.1) is 21.5 Å². The largest absolute Gasteiger partial charge is 0.486 e. The average molecular weight is 495 g/mol. The van der Waals surface area contributed by atoms with Gasteiger partial charge in [0.05, 0.1) is 18.4 Å². The van der Waals surface area contributed by atoms with Crippen molar-refractivity contribution in [3.63, 3.8) is 0 Å². The van der Waals surface area contributed by atoms with Crippen molar-refractivity contribution in [1.29, 1.82) is 0 Å². The van der Waals surface area contributed by atoms with E-state index in [4.69, 9.17) is 21.1 Å². The first kappa shape index (κ1) is 24.1. The molecule has 3 rings (SSSR count). The van der Waals surface area contributed by atoms with Gasteiger partial charge in [-0.25, -0.2) is 4.79 Å². The van der Waals surface area contributed by atoms with Gasteiger partial charge in [0.1, 0.15) is 17.4 Å². The highest BCUT2D eigenvalue weighted by Crippen LogP contribution is 2.29. The molecule has 1 N–H and O–H groups in total. The number of nitrogens with zero attached hydrogens (tertiary/aromatic N) is 3. The van der Waals surface area contributed by atoms with Crippen molar-refractivity contribution in [3.8, 4) is 5.75 Å². The highest BCUT2D eigenvalue weighted by molar-refractivity contribution is 7.99. The summed E-state index contributed by atoms with van der Waals surface area (Å²) in [6.45, 7) is 4.83. The Balaban J connectivity index is 1.61. The van der Waals surface area contributed by atoms with E-state index in [2.05, 4.69) is 15.5 Å². The molecule has 1 aromatic carbocycles. The molecule has 0 fully saturated rings. The van der Waals surface area contributed by atoms with Crippen LogP contribution in [-0.2, 0) is 29.1 Å². The van der Waals surface area contributed by atoms with Gasteiger partial charge in [0.15, 0.2) is 11.0 Å². The second kappa shape index (κ2) is 11.3. The van der Waals surface area contributed by atoms with Crippen LogP contribution in [0.25, 0.3) is 0 Å². The van der Waals surface area contributed by atoms with Gasteiger partial charge in [0.25, 0.3) is 0 Å². The average Bonchev–Trinajstić information content (AvgIpc) is 3.40. The predicted octanol–water partition coefficient (Wildman–Crippen LogP) is 4.67. The molecule has 0 bridgehead atoms. The lowest BCUT2D eigenvalue weighted by Gasteiger charge is -2.09. The van der Waals surface area contributed by atoms with Gasteiger partial charge >= 0.3 is 5.97 Å². The smallest absolute Gasteiger partial charge is 0.340 e. The molecule has 0 radical (unpaired) electrons. The van der Waals surface area contributed by atoms with E-state index in [1.54, 1.807) is 30.3 Å². The summed E-state index contributed by atoms with van der Waals surface area (Å²) in [4.78, 5) is 25.5. The number of aromatic nitrogens is 3. The lowest BCUT2D eigenvalue weighted by molar-refractivity contribution is -0.113. The number of anilines is 1. The van der Waals surface area contributed by atoms with E-state index in [1.807, 2.05) is 18.4 Å². The van der Waals surface area contributed by atoms with Crippen molar-refractivity contribution >= 4 is 51.6 Å². The summed E-state index contributed by atoms with van der Waals surface area (Å²) in [5, 5.41) is 12.9. The van der Waals surface area contributed by atoms with Crippen molar-refractivity contribution in [2.45, 2.75) is 38.6 Å². The summed E-state index contributed by atoms with van der Waals surface area (Å²) in [6, 6.07) is 8.83. The fourth-order valence-electron chi connectivity index (χ4n) is 2.79. The molecule has 0 aliphatic carbocycles.